The van der Waals surface area contributed by atoms with Gasteiger partial charge in [0.15, 0.2) is 0 Å². The van der Waals surface area contributed by atoms with E-state index >= 15 is 0 Å². The van der Waals surface area contributed by atoms with Gasteiger partial charge in [-0.1, -0.05) is 25.0 Å². The second-order valence-corrected chi connectivity index (χ2v) is 6.91. The van der Waals surface area contributed by atoms with Crippen molar-refractivity contribution >= 4 is 22.7 Å². The number of aromatic nitrogens is 1. The number of carbonyl (C=O) groups is 1. The highest BCUT2D eigenvalue weighted by atomic mass is 16.6. The molecule has 2 aromatic rings. The second kappa shape index (κ2) is 5.34. The van der Waals surface area contributed by atoms with Gasteiger partial charge in [0.1, 0.15) is 5.60 Å². The number of carbonyl (C=O) groups excluding carboxylic acids is 1. The molecule has 120 valence electrons. The lowest BCUT2D eigenvalue weighted by atomic mass is 10.1. The lowest BCUT2D eigenvalue weighted by Crippen LogP contribution is -2.42. The van der Waals surface area contributed by atoms with E-state index in [2.05, 4.69) is 17.4 Å². The van der Waals surface area contributed by atoms with Gasteiger partial charge in [-0.3, -0.25) is 4.90 Å². The summed E-state index contributed by atoms with van der Waals surface area (Å²) in [6, 6.07) is 8.10. The Morgan fingerprint density at radius 2 is 2.17 bits per heavy atom. The van der Waals surface area contributed by atoms with Crippen molar-refractivity contribution < 1.29 is 9.53 Å². The molecule has 0 bridgehead atoms. The molecule has 3 rings (SSSR count). The molecular weight excluding hydrogens is 288 g/mol. The van der Waals surface area contributed by atoms with Crippen molar-refractivity contribution in [2.24, 2.45) is 0 Å². The lowest BCUT2D eigenvalue weighted by Gasteiger charge is -2.35. The molecule has 0 aliphatic carbocycles. The minimum Gasteiger partial charge on any atom is -0.443 e. The fourth-order valence-electron chi connectivity index (χ4n) is 3.17. The van der Waals surface area contributed by atoms with Crippen LogP contribution in [-0.4, -0.2) is 22.8 Å². The van der Waals surface area contributed by atoms with Crippen molar-refractivity contribution in [1.29, 1.82) is 0 Å². The number of anilines is 1. The average Bonchev–Trinajstić information content (AvgIpc) is 2.86. The van der Waals surface area contributed by atoms with E-state index in [1.807, 2.05) is 45.0 Å². The maximum absolute atomic E-state index is 12.7. The van der Waals surface area contributed by atoms with Gasteiger partial charge < -0.3 is 9.30 Å². The summed E-state index contributed by atoms with van der Waals surface area (Å²) in [5.41, 5.74) is 2.23. The van der Waals surface area contributed by atoms with Crippen molar-refractivity contribution in [2.45, 2.75) is 45.8 Å². The Kier molecular flexibility index (Phi) is 3.60. The van der Waals surface area contributed by atoms with Crippen LogP contribution in [0.3, 0.4) is 0 Å². The molecule has 4 heteroatoms. The number of terminal acetylenes is 1. The Hall–Kier alpha value is -2.41. The minimum absolute atomic E-state index is 0.154. The van der Waals surface area contributed by atoms with Gasteiger partial charge in [0.05, 0.1) is 29.5 Å². The van der Waals surface area contributed by atoms with Gasteiger partial charge in [-0.05, 0) is 39.3 Å². The van der Waals surface area contributed by atoms with Crippen molar-refractivity contribution in [1.82, 2.24) is 4.57 Å². The van der Waals surface area contributed by atoms with E-state index in [0.717, 1.165) is 28.7 Å². The van der Waals surface area contributed by atoms with Crippen molar-refractivity contribution in [2.75, 3.05) is 11.4 Å². The molecule has 1 aromatic heterocycles. The maximum Gasteiger partial charge on any atom is 0.414 e. The number of amides is 1. The third-order valence-electron chi connectivity index (χ3n) is 4.12. The normalized spacial score (nSPS) is 17.2. The molecule has 1 atom stereocenters. The minimum atomic E-state index is -0.518. The summed E-state index contributed by atoms with van der Waals surface area (Å²) in [5, 5.41) is 1.06. The summed E-state index contributed by atoms with van der Waals surface area (Å²) < 4.78 is 7.77. The van der Waals surface area contributed by atoms with E-state index in [1.165, 1.54) is 0 Å². The Morgan fingerprint density at radius 1 is 1.43 bits per heavy atom. The van der Waals surface area contributed by atoms with Crippen LogP contribution in [0.4, 0.5) is 10.5 Å². The van der Waals surface area contributed by atoms with Gasteiger partial charge in [0, 0.05) is 5.39 Å². The summed E-state index contributed by atoms with van der Waals surface area (Å²) in [7, 11) is 0. The first-order chi connectivity index (χ1) is 10.9. The predicted molar refractivity (Wildman–Crippen MR) is 92.8 cm³/mol. The van der Waals surface area contributed by atoms with E-state index in [1.54, 1.807) is 4.90 Å². The summed E-state index contributed by atoms with van der Waals surface area (Å²) in [4.78, 5) is 14.4. The quantitative estimate of drug-likeness (QED) is 0.735. The molecule has 0 spiro atoms. The van der Waals surface area contributed by atoms with Crippen LogP contribution in [-0.2, 0) is 4.74 Å². The molecule has 0 radical (unpaired) electrons. The number of hydrogen-bond donors (Lipinski definition) is 0. The Balaban J connectivity index is 2.16. The third kappa shape index (κ3) is 2.57. The van der Waals surface area contributed by atoms with Crippen LogP contribution in [0.1, 0.15) is 45.9 Å². The van der Waals surface area contributed by atoms with Gasteiger partial charge in [0.25, 0.3) is 0 Å². The number of rotatable bonds is 1. The zero-order valence-electron chi connectivity index (χ0n) is 14.1. The van der Waals surface area contributed by atoms with Crippen LogP contribution >= 0.6 is 0 Å². The smallest absolute Gasteiger partial charge is 0.414 e. The fraction of sp³-hybridized carbons (Fsp3) is 0.421. The van der Waals surface area contributed by atoms with E-state index in [-0.39, 0.29) is 12.1 Å². The van der Waals surface area contributed by atoms with E-state index in [0.29, 0.717) is 6.54 Å². The zero-order valence-corrected chi connectivity index (χ0v) is 14.1. The molecule has 0 fully saturated rings. The fourth-order valence-corrected chi connectivity index (χ4v) is 3.17. The van der Waals surface area contributed by atoms with Crippen LogP contribution in [0.2, 0.25) is 0 Å². The largest absolute Gasteiger partial charge is 0.443 e. The summed E-state index contributed by atoms with van der Waals surface area (Å²) in [6.07, 6.45) is 6.27. The van der Waals surface area contributed by atoms with Crippen LogP contribution in [0.15, 0.2) is 24.3 Å². The number of hydrogen-bond acceptors (Lipinski definition) is 2. The molecule has 1 aliphatic heterocycles. The highest BCUT2D eigenvalue weighted by molar-refractivity contribution is 6.02. The third-order valence-corrected chi connectivity index (χ3v) is 4.12. The van der Waals surface area contributed by atoms with Gasteiger partial charge >= 0.3 is 6.09 Å². The second-order valence-electron chi connectivity index (χ2n) is 6.91. The van der Waals surface area contributed by atoms with E-state index in [9.17, 15) is 4.79 Å². The van der Waals surface area contributed by atoms with Gasteiger partial charge in [-0.15, -0.1) is 6.42 Å². The first-order valence-electron chi connectivity index (χ1n) is 7.96. The lowest BCUT2D eigenvalue weighted by molar-refractivity contribution is 0.0573. The molecule has 1 aromatic carbocycles. The Morgan fingerprint density at radius 3 is 2.78 bits per heavy atom. The van der Waals surface area contributed by atoms with Crippen molar-refractivity contribution in [3.05, 3.63) is 30.0 Å². The van der Waals surface area contributed by atoms with Crippen LogP contribution < -0.4 is 4.90 Å². The number of benzene rings is 1. The predicted octanol–water partition coefficient (Wildman–Crippen LogP) is 4.33. The standard InChI is InChI=1S/C19H22N2O2/c1-6-14-11-13-9-8-10-16-17(13)21(14)15(7-2)12-20(16)18(22)23-19(3,4)5/h1,8-11,15H,7,12H2,2-5H3. The van der Waals surface area contributed by atoms with Crippen LogP contribution in [0, 0.1) is 12.3 Å². The van der Waals surface area contributed by atoms with Crippen molar-refractivity contribution in [3.8, 4) is 12.3 Å². The maximum atomic E-state index is 12.7. The number of ether oxygens (including phenoxy) is 1. The van der Waals surface area contributed by atoms with Crippen LogP contribution in [0.25, 0.3) is 10.9 Å². The molecule has 4 nitrogen and oxygen atoms in total. The molecule has 0 saturated heterocycles. The SMILES string of the molecule is C#Cc1cc2cccc3c2n1C(CC)CN3C(=O)OC(C)(C)C. The summed E-state index contributed by atoms with van der Waals surface area (Å²) in [6.45, 7) is 8.32. The monoisotopic (exact) mass is 310 g/mol. The number of para-hydroxylation sites is 1. The molecule has 1 unspecified atom stereocenters. The topological polar surface area (TPSA) is 34.5 Å². The Labute approximate surface area is 137 Å². The van der Waals surface area contributed by atoms with E-state index in [4.69, 9.17) is 11.2 Å². The first kappa shape index (κ1) is 15.5. The summed E-state index contributed by atoms with van der Waals surface area (Å²) >= 11 is 0. The molecule has 23 heavy (non-hydrogen) atoms. The van der Waals surface area contributed by atoms with E-state index < -0.39 is 5.60 Å². The molecule has 1 amide bonds. The molecular formula is C19H22N2O2. The average molecular weight is 310 g/mol. The molecule has 0 N–H and O–H groups in total. The molecule has 0 saturated carbocycles. The zero-order chi connectivity index (χ0) is 16.8. The number of nitrogens with zero attached hydrogens (tertiary/aromatic N) is 2. The summed E-state index contributed by atoms with van der Waals surface area (Å²) in [5.74, 6) is 2.77. The molecule has 1 aliphatic rings. The van der Waals surface area contributed by atoms with Crippen LogP contribution in [0.5, 0.6) is 0 Å². The Bertz CT molecular complexity index is 805. The first-order valence-corrected chi connectivity index (χ1v) is 7.96. The highest BCUT2D eigenvalue weighted by Crippen LogP contribution is 2.38. The van der Waals surface area contributed by atoms with Crippen molar-refractivity contribution in [3.63, 3.8) is 0 Å². The van der Waals surface area contributed by atoms with Gasteiger partial charge in [0.2, 0.25) is 0 Å². The van der Waals surface area contributed by atoms with Gasteiger partial charge in [-0.25, -0.2) is 4.79 Å². The molecule has 2 heterocycles. The van der Waals surface area contributed by atoms with Gasteiger partial charge in [-0.2, -0.15) is 0 Å². The highest BCUT2D eigenvalue weighted by Gasteiger charge is 2.33.